The van der Waals surface area contributed by atoms with Crippen LogP contribution in [0.2, 0.25) is 0 Å². The Balaban J connectivity index is 2.19. The maximum Gasteiger partial charge on any atom is 0.196 e. The number of carbonyl (C=O) groups excluding carboxylic acids is 1. The lowest BCUT2D eigenvalue weighted by Crippen LogP contribution is -2.40. The Kier molecular flexibility index (Phi) is 3.58. The molecular formula is C19H23NO3. The number of ether oxygens (including phenoxy) is 1. The monoisotopic (exact) mass is 313 g/mol. The number of fused-ring (bicyclic) bond motifs is 1. The molecule has 122 valence electrons. The fourth-order valence-corrected chi connectivity index (χ4v) is 4.04. The molecule has 0 fully saturated rings. The van der Waals surface area contributed by atoms with Gasteiger partial charge in [0.05, 0.1) is 7.11 Å². The highest BCUT2D eigenvalue weighted by Gasteiger charge is 2.42. The molecule has 1 aliphatic heterocycles. The minimum atomic E-state index is -1.01. The molecule has 1 aliphatic carbocycles. The zero-order chi connectivity index (χ0) is 16.9. The summed E-state index contributed by atoms with van der Waals surface area (Å²) in [6.07, 6.45) is 1.44. The van der Waals surface area contributed by atoms with Crippen molar-refractivity contribution in [3.8, 4) is 5.75 Å². The molecule has 0 N–H and O–H groups in total. The number of hydrogen-bond donors (Lipinski definition) is 0. The van der Waals surface area contributed by atoms with Gasteiger partial charge in [0.2, 0.25) is 0 Å². The number of hydrogen-bond acceptors (Lipinski definition) is 3. The van der Waals surface area contributed by atoms with E-state index in [1.54, 1.807) is 7.11 Å². The van der Waals surface area contributed by atoms with E-state index in [1.807, 2.05) is 24.6 Å². The Morgan fingerprint density at radius 2 is 2.09 bits per heavy atom. The second kappa shape index (κ2) is 5.22. The van der Waals surface area contributed by atoms with E-state index in [0.717, 1.165) is 23.5 Å². The van der Waals surface area contributed by atoms with Gasteiger partial charge in [-0.3, -0.25) is 0 Å². The quantitative estimate of drug-likeness (QED) is 0.780. The smallest absolute Gasteiger partial charge is 0.196 e. The molecule has 0 saturated heterocycles. The fraction of sp³-hybridized carbons (Fsp3) is 0.474. The lowest BCUT2D eigenvalue weighted by molar-refractivity contribution is -0.530. The van der Waals surface area contributed by atoms with Crippen molar-refractivity contribution >= 4 is 17.3 Å². The molecule has 0 saturated carbocycles. The average Bonchev–Trinajstić information content (AvgIpc) is 2.91. The summed E-state index contributed by atoms with van der Waals surface area (Å²) in [5.41, 5.74) is 5.92. The lowest BCUT2D eigenvalue weighted by atomic mass is 9.80. The van der Waals surface area contributed by atoms with Crippen molar-refractivity contribution in [1.29, 1.82) is 0 Å². The van der Waals surface area contributed by atoms with Gasteiger partial charge in [0.1, 0.15) is 18.8 Å². The number of likely N-dealkylation sites (N-methyl/N-ethyl adjacent to an activating group) is 1. The van der Waals surface area contributed by atoms with Crippen LogP contribution in [0.15, 0.2) is 23.8 Å². The topological polar surface area (TPSA) is 52.4 Å². The molecule has 4 nitrogen and oxygen atoms in total. The van der Waals surface area contributed by atoms with Crippen molar-refractivity contribution in [3.05, 3.63) is 34.9 Å². The van der Waals surface area contributed by atoms with E-state index in [0.29, 0.717) is 6.42 Å². The van der Waals surface area contributed by atoms with Crippen molar-refractivity contribution < 1.29 is 19.2 Å². The van der Waals surface area contributed by atoms with Crippen LogP contribution in [-0.4, -0.2) is 36.5 Å². The van der Waals surface area contributed by atoms with Gasteiger partial charge in [0, 0.05) is 18.9 Å². The van der Waals surface area contributed by atoms with Crippen LogP contribution in [-0.2, 0) is 11.2 Å². The molecule has 23 heavy (non-hydrogen) atoms. The normalized spacial score (nSPS) is 25.7. The van der Waals surface area contributed by atoms with E-state index in [2.05, 4.69) is 26.0 Å². The van der Waals surface area contributed by atoms with Gasteiger partial charge < -0.3 is 14.6 Å². The number of aliphatic carboxylic acids is 1. The molecule has 0 amide bonds. The molecule has 0 spiro atoms. The van der Waals surface area contributed by atoms with Crippen molar-refractivity contribution in [1.82, 2.24) is 0 Å². The number of carboxylic acid groups (broad SMARTS) is 1. The fourth-order valence-electron chi connectivity index (χ4n) is 4.04. The predicted octanol–water partition coefficient (Wildman–Crippen LogP) is 1.66. The molecule has 0 aromatic heterocycles. The largest absolute Gasteiger partial charge is 0.543 e. The lowest BCUT2D eigenvalue weighted by Gasteiger charge is -2.22. The average molecular weight is 313 g/mol. The summed E-state index contributed by atoms with van der Waals surface area (Å²) in [6.45, 7) is 6.45. The number of methoxy groups -OCH3 is 1. The van der Waals surface area contributed by atoms with Gasteiger partial charge in [-0.25, -0.2) is 4.58 Å². The second-order valence-corrected chi connectivity index (χ2v) is 7.17. The van der Waals surface area contributed by atoms with Crippen molar-refractivity contribution in [2.24, 2.45) is 5.41 Å². The van der Waals surface area contributed by atoms with E-state index in [9.17, 15) is 9.90 Å². The Morgan fingerprint density at radius 1 is 1.39 bits per heavy atom. The first-order valence-electron chi connectivity index (χ1n) is 7.95. The molecule has 1 aromatic carbocycles. The van der Waals surface area contributed by atoms with Gasteiger partial charge in [-0.2, -0.15) is 0 Å². The van der Waals surface area contributed by atoms with Gasteiger partial charge >= 0.3 is 0 Å². The van der Waals surface area contributed by atoms with Crippen molar-refractivity contribution in [3.63, 3.8) is 0 Å². The van der Waals surface area contributed by atoms with Gasteiger partial charge in [-0.05, 0) is 40.7 Å². The molecule has 0 bridgehead atoms. The Bertz CT molecular complexity index is 756. The molecule has 3 rings (SSSR count). The predicted molar refractivity (Wildman–Crippen MR) is 87.7 cm³/mol. The summed E-state index contributed by atoms with van der Waals surface area (Å²) in [4.78, 5) is 11.4. The second-order valence-electron chi connectivity index (χ2n) is 7.17. The minimum Gasteiger partial charge on any atom is -0.543 e. The van der Waals surface area contributed by atoms with E-state index >= 15 is 0 Å². The third-order valence-corrected chi connectivity index (χ3v) is 5.30. The van der Waals surface area contributed by atoms with Crippen LogP contribution in [0.1, 0.15) is 38.3 Å². The molecule has 1 unspecified atom stereocenters. The van der Waals surface area contributed by atoms with Crippen LogP contribution >= 0.6 is 0 Å². The number of allylic oxidation sites excluding steroid dienone is 1. The number of carboxylic acids is 1. The third-order valence-electron chi connectivity index (χ3n) is 5.30. The Hall–Kier alpha value is -2.10. The van der Waals surface area contributed by atoms with Crippen LogP contribution in [0.25, 0.3) is 5.57 Å². The number of benzene rings is 1. The molecular weight excluding hydrogens is 290 g/mol. The maximum atomic E-state index is 11.4. The van der Waals surface area contributed by atoms with Crippen LogP contribution in [0.5, 0.6) is 5.75 Å². The molecule has 0 radical (unpaired) electrons. The highest BCUT2D eigenvalue weighted by molar-refractivity contribution is 6.06. The summed E-state index contributed by atoms with van der Waals surface area (Å²) in [5, 5.41) is 11.4. The number of carbonyl (C=O) groups is 1. The van der Waals surface area contributed by atoms with Crippen LogP contribution in [0.3, 0.4) is 0 Å². The molecule has 1 aromatic rings. The van der Waals surface area contributed by atoms with E-state index in [1.165, 1.54) is 16.7 Å². The number of nitrogens with zero attached hydrogens (tertiary/aromatic N) is 1. The van der Waals surface area contributed by atoms with E-state index in [4.69, 9.17) is 4.74 Å². The van der Waals surface area contributed by atoms with Crippen LogP contribution in [0, 0.1) is 5.41 Å². The Morgan fingerprint density at radius 3 is 2.65 bits per heavy atom. The summed E-state index contributed by atoms with van der Waals surface area (Å²) >= 11 is 0. The first-order valence-corrected chi connectivity index (χ1v) is 7.95. The molecule has 1 heterocycles. The Labute approximate surface area is 137 Å². The van der Waals surface area contributed by atoms with Crippen LogP contribution < -0.4 is 9.84 Å². The number of rotatable bonds is 2. The highest BCUT2D eigenvalue weighted by atomic mass is 16.5. The van der Waals surface area contributed by atoms with Crippen LogP contribution in [0.4, 0.5) is 0 Å². The van der Waals surface area contributed by atoms with Gasteiger partial charge in [0.25, 0.3) is 0 Å². The molecule has 4 heteroatoms. The zero-order valence-electron chi connectivity index (χ0n) is 14.4. The first kappa shape index (κ1) is 15.8. The minimum absolute atomic E-state index is 0.0209. The SMILES string of the molecule is COc1ccc2c(c1)CC(C)(C)/C2=C1\CC(C(=O)[O-])[N+](C)=C1C. The van der Waals surface area contributed by atoms with Gasteiger partial charge in [-0.1, -0.05) is 19.9 Å². The van der Waals surface area contributed by atoms with Gasteiger partial charge in [-0.15, -0.1) is 0 Å². The summed E-state index contributed by atoms with van der Waals surface area (Å²) < 4.78 is 7.17. The standard InChI is InChI=1S/C19H23NO3/c1-11-15(9-16(18(21)22)20(11)4)17-14-7-6-13(23-5)8-12(14)10-19(17,2)3/h6-8,16H,9-10H2,1-5H3/b17-15+. The van der Waals surface area contributed by atoms with Gasteiger partial charge in [0.15, 0.2) is 11.8 Å². The molecule has 2 aliphatic rings. The van der Waals surface area contributed by atoms with Crippen molar-refractivity contribution in [2.45, 2.75) is 39.7 Å². The summed E-state index contributed by atoms with van der Waals surface area (Å²) in [7, 11) is 3.51. The van der Waals surface area contributed by atoms with E-state index < -0.39 is 12.0 Å². The molecule has 1 atom stereocenters. The summed E-state index contributed by atoms with van der Waals surface area (Å²) in [6, 6.07) is 5.60. The first-order chi connectivity index (χ1) is 10.8. The zero-order valence-corrected chi connectivity index (χ0v) is 14.4. The third kappa shape index (κ3) is 2.37. The highest BCUT2D eigenvalue weighted by Crippen LogP contribution is 2.50. The summed E-state index contributed by atoms with van der Waals surface area (Å²) in [5.74, 6) is -0.143. The maximum absolute atomic E-state index is 11.4. The van der Waals surface area contributed by atoms with Crippen molar-refractivity contribution in [2.75, 3.05) is 14.2 Å². The van der Waals surface area contributed by atoms with E-state index in [-0.39, 0.29) is 5.41 Å².